The van der Waals surface area contributed by atoms with Crippen LogP contribution in [0.25, 0.3) is 0 Å². The minimum Gasteiger partial charge on any atom is -0.397 e. The van der Waals surface area contributed by atoms with Crippen LogP contribution in [0.5, 0.6) is 0 Å². The molecule has 2 aliphatic rings. The van der Waals surface area contributed by atoms with E-state index in [2.05, 4.69) is 25.0 Å². The number of aromatic nitrogens is 1. The van der Waals surface area contributed by atoms with Gasteiger partial charge < -0.3 is 20.9 Å². The average molecular weight is 597 g/mol. The summed E-state index contributed by atoms with van der Waals surface area (Å²) in [6, 6.07) is 9.63. The number of rotatable bonds is 7. The van der Waals surface area contributed by atoms with Gasteiger partial charge in [0.25, 0.3) is 0 Å². The zero-order valence-corrected chi connectivity index (χ0v) is 26.6. The van der Waals surface area contributed by atoms with Gasteiger partial charge in [-0.05, 0) is 68.6 Å². The third-order valence-electron chi connectivity index (χ3n) is 6.78. The third kappa shape index (κ3) is 12.4. The van der Waals surface area contributed by atoms with E-state index in [-0.39, 0.29) is 0 Å². The largest absolute Gasteiger partial charge is 0.416 e. The highest BCUT2D eigenvalue weighted by Gasteiger charge is 2.30. The van der Waals surface area contributed by atoms with Crippen LogP contribution < -0.4 is 16.0 Å². The third-order valence-corrected chi connectivity index (χ3v) is 7.25. The first-order chi connectivity index (χ1) is 19.8. The van der Waals surface area contributed by atoms with Crippen LogP contribution in [-0.2, 0) is 6.18 Å². The van der Waals surface area contributed by atoms with E-state index in [1.165, 1.54) is 0 Å². The second-order valence-corrected chi connectivity index (χ2v) is 9.72. The lowest BCUT2D eigenvalue weighted by atomic mass is 10.0. The molecule has 0 saturated carbocycles. The first kappa shape index (κ1) is 36.4. The van der Waals surface area contributed by atoms with Crippen LogP contribution in [0.3, 0.4) is 0 Å². The summed E-state index contributed by atoms with van der Waals surface area (Å²) < 4.78 is 38.3. The molecule has 3 heterocycles. The quantitative estimate of drug-likeness (QED) is 0.320. The van der Waals surface area contributed by atoms with Gasteiger partial charge in [0.15, 0.2) is 0 Å². The molecule has 41 heavy (non-hydrogen) atoms. The Hall–Kier alpha value is -2.59. The van der Waals surface area contributed by atoms with Crippen LogP contribution in [0.15, 0.2) is 42.6 Å². The summed E-state index contributed by atoms with van der Waals surface area (Å²) in [4.78, 5) is 12.3. The predicted molar refractivity (Wildman–Crippen MR) is 173 cm³/mol. The second-order valence-electron chi connectivity index (χ2n) is 9.25. The van der Waals surface area contributed by atoms with E-state index in [0.717, 1.165) is 100 Å². The summed E-state index contributed by atoms with van der Waals surface area (Å²) in [5.41, 5.74) is 6.61. The van der Waals surface area contributed by atoms with Gasteiger partial charge in [-0.25, -0.2) is 4.98 Å². The molecule has 1 aromatic heterocycles. The van der Waals surface area contributed by atoms with Crippen LogP contribution >= 0.6 is 12.2 Å². The highest BCUT2D eigenvalue weighted by Crippen LogP contribution is 2.30. The SMILES string of the molecule is CC.CC.CC.Nc1ccc(NC2CCN(C(=S)CCCN3CCN(c4ccc(C(F)(F)F)cc4)CC3)CC2)nc1. The molecule has 0 atom stereocenters. The number of nitrogen functional groups attached to an aromatic ring is 1. The van der Waals surface area contributed by atoms with Gasteiger partial charge in [-0.15, -0.1) is 0 Å². The van der Waals surface area contributed by atoms with Crippen molar-refractivity contribution in [3.63, 3.8) is 0 Å². The first-order valence-electron chi connectivity index (χ1n) is 15.2. The summed E-state index contributed by atoms with van der Waals surface area (Å²) >= 11 is 5.72. The molecule has 232 valence electrons. The van der Waals surface area contributed by atoms with Gasteiger partial charge in [0.2, 0.25) is 0 Å². The van der Waals surface area contributed by atoms with E-state index < -0.39 is 11.7 Å². The molecule has 0 bridgehead atoms. The first-order valence-corrected chi connectivity index (χ1v) is 15.6. The fourth-order valence-corrected chi connectivity index (χ4v) is 5.00. The van der Waals surface area contributed by atoms with Crippen molar-refractivity contribution in [3.05, 3.63) is 48.2 Å². The van der Waals surface area contributed by atoms with Gasteiger partial charge in [-0.2, -0.15) is 13.2 Å². The number of hydrogen-bond donors (Lipinski definition) is 2. The zero-order chi connectivity index (χ0) is 30.8. The molecule has 2 fully saturated rings. The van der Waals surface area contributed by atoms with Crippen molar-refractivity contribution >= 4 is 34.4 Å². The smallest absolute Gasteiger partial charge is 0.397 e. The maximum absolute atomic E-state index is 12.8. The van der Waals surface area contributed by atoms with E-state index in [0.29, 0.717) is 11.7 Å². The number of alkyl halides is 3. The van der Waals surface area contributed by atoms with Gasteiger partial charge in [0.1, 0.15) is 5.82 Å². The number of thiocarbonyl (C=S) groups is 1. The molecular weight excluding hydrogens is 545 g/mol. The highest BCUT2D eigenvalue weighted by atomic mass is 32.1. The van der Waals surface area contributed by atoms with Crippen molar-refractivity contribution < 1.29 is 13.2 Å². The molecule has 0 unspecified atom stereocenters. The molecule has 2 aromatic rings. The van der Waals surface area contributed by atoms with Crippen LogP contribution in [0, 0.1) is 0 Å². The summed E-state index contributed by atoms with van der Waals surface area (Å²) in [5.74, 6) is 0.860. The van der Waals surface area contributed by atoms with Crippen molar-refractivity contribution in [2.24, 2.45) is 0 Å². The number of benzene rings is 1. The Labute approximate surface area is 251 Å². The number of hydrogen-bond acceptors (Lipinski definition) is 6. The number of likely N-dealkylation sites (tertiary alicyclic amines) is 1. The zero-order valence-electron chi connectivity index (χ0n) is 25.8. The normalized spacial score (nSPS) is 15.8. The molecule has 0 radical (unpaired) electrons. The number of halogens is 3. The monoisotopic (exact) mass is 596 g/mol. The minimum atomic E-state index is -4.29. The number of piperidine rings is 1. The van der Waals surface area contributed by atoms with Gasteiger partial charge in [0.05, 0.1) is 22.4 Å². The Kier molecular flexibility index (Phi) is 17.3. The Morgan fingerprint density at radius 3 is 2.00 bits per heavy atom. The maximum Gasteiger partial charge on any atom is 0.416 e. The van der Waals surface area contributed by atoms with Gasteiger partial charge in [-0.1, -0.05) is 53.8 Å². The fourth-order valence-electron chi connectivity index (χ4n) is 4.68. The van der Waals surface area contributed by atoms with Crippen LogP contribution in [0.4, 0.5) is 30.4 Å². The lowest BCUT2D eigenvalue weighted by Crippen LogP contribution is -2.47. The molecular formula is C31H51F3N6S. The van der Waals surface area contributed by atoms with E-state index >= 15 is 0 Å². The van der Waals surface area contributed by atoms with Crippen LogP contribution in [-0.4, -0.2) is 71.6 Å². The summed E-state index contributed by atoms with van der Waals surface area (Å²) in [6.07, 6.45) is 1.36. The second kappa shape index (κ2) is 19.5. The number of piperazine rings is 1. The number of pyridine rings is 1. The Bertz CT molecular complexity index is 953. The number of nitrogens with zero attached hydrogens (tertiary/aromatic N) is 4. The van der Waals surface area contributed by atoms with Crippen molar-refractivity contribution in [2.45, 2.75) is 79.4 Å². The molecule has 4 rings (SSSR count). The summed E-state index contributed by atoms with van der Waals surface area (Å²) in [7, 11) is 0. The van der Waals surface area contributed by atoms with Crippen molar-refractivity contribution in [2.75, 3.05) is 61.8 Å². The van der Waals surface area contributed by atoms with Crippen molar-refractivity contribution in [1.82, 2.24) is 14.8 Å². The van der Waals surface area contributed by atoms with Gasteiger partial charge in [-0.3, -0.25) is 4.90 Å². The molecule has 6 nitrogen and oxygen atoms in total. The van der Waals surface area contributed by atoms with Crippen LogP contribution in [0.2, 0.25) is 0 Å². The topological polar surface area (TPSA) is 60.7 Å². The fraction of sp³-hybridized carbons (Fsp3) is 0.613. The van der Waals surface area contributed by atoms with Gasteiger partial charge in [0, 0.05) is 51.0 Å². The van der Waals surface area contributed by atoms with Gasteiger partial charge >= 0.3 is 6.18 Å². The minimum absolute atomic E-state index is 0.395. The number of anilines is 3. The maximum atomic E-state index is 12.8. The van der Waals surface area contributed by atoms with Crippen molar-refractivity contribution in [1.29, 1.82) is 0 Å². The highest BCUT2D eigenvalue weighted by molar-refractivity contribution is 7.80. The van der Waals surface area contributed by atoms with E-state index in [4.69, 9.17) is 18.0 Å². The van der Waals surface area contributed by atoms with E-state index in [1.54, 1.807) is 18.3 Å². The number of nitrogens with one attached hydrogen (secondary N) is 1. The summed E-state index contributed by atoms with van der Waals surface area (Å²) in [6.45, 7) is 18.3. The lowest BCUT2D eigenvalue weighted by molar-refractivity contribution is -0.137. The number of nitrogens with two attached hydrogens (primary N) is 1. The standard InChI is InChI=1S/C25H33F3N6S.3C2H6/c26-25(27,28)19-3-6-22(7-4-19)33-16-14-32(15-17-33)11-1-2-24(35)34-12-9-21(10-13-34)31-23-8-5-20(29)18-30-23;3*1-2/h3-8,18,21H,1-2,9-17,29H2,(H,30,31);3*1-2H3. The molecule has 3 N–H and O–H groups in total. The molecule has 1 aromatic carbocycles. The average Bonchev–Trinajstić information content (AvgIpc) is 3.02. The molecule has 10 heteroatoms. The molecule has 2 aliphatic heterocycles. The lowest BCUT2D eigenvalue weighted by Gasteiger charge is -2.37. The Morgan fingerprint density at radius 2 is 1.49 bits per heavy atom. The van der Waals surface area contributed by atoms with E-state index in [9.17, 15) is 13.2 Å². The van der Waals surface area contributed by atoms with Crippen molar-refractivity contribution in [3.8, 4) is 0 Å². The molecule has 2 saturated heterocycles. The predicted octanol–water partition coefficient (Wildman–Crippen LogP) is 7.57. The molecule has 0 aliphatic carbocycles. The Morgan fingerprint density at radius 1 is 0.902 bits per heavy atom. The van der Waals surface area contributed by atoms with Crippen LogP contribution in [0.1, 0.15) is 72.8 Å². The summed E-state index contributed by atoms with van der Waals surface area (Å²) in [5, 5.41) is 3.48. The van der Waals surface area contributed by atoms with E-state index in [1.807, 2.05) is 53.7 Å². The molecule has 0 spiro atoms. The molecule has 0 amide bonds. The Balaban J connectivity index is 0.00000131.